The molecule has 7 rings (SSSR count). The Morgan fingerprint density at radius 1 is 0.750 bits per heavy atom. The maximum Gasteiger partial charge on any atom is -0.00363 e. The van der Waals surface area contributed by atoms with Crippen LogP contribution in [0.4, 0.5) is 0 Å². The third kappa shape index (κ3) is 2.26. The molecule has 0 radical (unpaired) electrons. The fourth-order valence-corrected chi connectivity index (χ4v) is 6.45. The standard InChI is InChI=1S/C18H24.C6H4/c1-2-16-5-3-4-6-17(16)18-10-13-7-14(11-18)9-15(8-13)12-18;1-2-6-4-3-5(1)6/h3-6,13-15H,2,7-12H2,1H3;1-4H. The molecule has 6 aliphatic rings. The number of benzene rings is 2. The highest BCUT2D eigenvalue weighted by atomic mass is 14.6. The third-order valence-electron chi connectivity index (χ3n) is 7.23. The van der Waals surface area contributed by atoms with E-state index in [9.17, 15) is 0 Å². The van der Waals surface area contributed by atoms with Crippen molar-refractivity contribution in [3.05, 3.63) is 59.7 Å². The molecule has 0 saturated heterocycles. The highest BCUT2D eigenvalue weighted by Gasteiger charge is 2.51. The predicted molar refractivity (Wildman–Crippen MR) is 101 cm³/mol. The minimum Gasteiger partial charge on any atom is -0.0620 e. The first-order chi connectivity index (χ1) is 11.8. The first-order valence-electron chi connectivity index (χ1n) is 9.94. The molecule has 4 saturated carbocycles. The average molecular weight is 316 g/mol. The molecule has 0 nitrogen and oxygen atoms in total. The van der Waals surface area contributed by atoms with Crippen LogP contribution in [0.25, 0.3) is 11.1 Å². The Labute approximate surface area is 146 Å². The van der Waals surface area contributed by atoms with Crippen molar-refractivity contribution in [2.24, 2.45) is 17.8 Å². The van der Waals surface area contributed by atoms with Gasteiger partial charge in [-0.05, 0) is 90.4 Å². The summed E-state index contributed by atoms with van der Waals surface area (Å²) in [7, 11) is 0. The first-order valence-corrected chi connectivity index (χ1v) is 9.94. The zero-order valence-corrected chi connectivity index (χ0v) is 14.8. The van der Waals surface area contributed by atoms with Crippen LogP contribution in [-0.4, -0.2) is 0 Å². The van der Waals surface area contributed by atoms with Gasteiger partial charge < -0.3 is 0 Å². The number of hydrogen-bond acceptors (Lipinski definition) is 0. The lowest BCUT2D eigenvalue weighted by molar-refractivity contribution is -0.00555. The second-order valence-electron chi connectivity index (χ2n) is 8.79. The Hall–Kier alpha value is -1.56. The Morgan fingerprint density at radius 3 is 1.67 bits per heavy atom. The van der Waals surface area contributed by atoms with E-state index in [4.69, 9.17) is 0 Å². The van der Waals surface area contributed by atoms with Crippen LogP contribution in [0.1, 0.15) is 56.6 Å². The second kappa shape index (κ2) is 5.48. The van der Waals surface area contributed by atoms with E-state index in [0.29, 0.717) is 5.41 Å². The largest absolute Gasteiger partial charge is 0.0620 e. The molecule has 0 aromatic heterocycles. The summed E-state index contributed by atoms with van der Waals surface area (Å²) >= 11 is 0. The molecule has 4 bridgehead atoms. The van der Waals surface area contributed by atoms with E-state index < -0.39 is 0 Å². The molecule has 0 aliphatic heterocycles. The van der Waals surface area contributed by atoms with Gasteiger partial charge in [0.1, 0.15) is 0 Å². The van der Waals surface area contributed by atoms with Crippen molar-refractivity contribution in [3.8, 4) is 11.1 Å². The van der Waals surface area contributed by atoms with Crippen LogP contribution in [0, 0.1) is 17.8 Å². The summed E-state index contributed by atoms with van der Waals surface area (Å²) < 4.78 is 0. The van der Waals surface area contributed by atoms with Crippen LogP contribution in [-0.2, 0) is 11.8 Å². The van der Waals surface area contributed by atoms with E-state index >= 15 is 0 Å². The van der Waals surface area contributed by atoms with E-state index in [2.05, 4.69) is 55.5 Å². The lowest BCUT2D eigenvalue weighted by Crippen LogP contribution is -2.48. The molecule has 24 heavy (non-hydrogen) atoms. The molecule has 0 unspecified atom stereocenters. The van der Waals surface area contributed by atoms with Crippen LogP contribution in [0.5, 0.6) is 0 Å². The SMILES string of the molecule is CCc1ccccc1C12CC3CC(CC(C3)C1)C2.c1cc2ccc1-2. The lowest BCUT2D eigenvalue weighted by Gasteiger charge is -2.57. The van der Waals surface area contributed by atoms with Crippen molar-refractivity contribution in [1.29, 1.82) is 0 Å². The molecule has 4 fully saturated rings. The molecule has 0 heteroatoms. The predicted octanol–water partition coefficient (Wildman–Crippen LogP) is 6.38. The summed E-state index contributed by atoms with van der Waals surface area (Å²) in [4.78, 5) is 0. The number of hydrogen-bond donors (Lipinski definition) is 0. The summed E-state index contributed by atoms with van der Waals surface area (Å²) in [5.41, 5.74) is 6.79. The zero-order chi connectivity index (χ0) is 16.1. The maximum absolute atomic E-state index is 2.45. The topological polar surface area (TPSA) is 0 Å². The molecular weight excluding hydrogens is 288 g/mol. The van der Waals surface area contributed by atoms with Crippen molar-refractivity contribution in [2.45, 2.75) is 57.3 Å². The third-order valence-corrected chi connectivity index (χ3v) is 7.23. The van der Waals surface area contributed by atoms with Gasteiger partial charge in [-0.15, -0.1) is 0 Å². The highest BCUT2D eigenvalue weighted by Crippen LogP contribution is 2.61. The molecule has 0 atom stereocenters. The van der Waals surface area contributed by atoms with Gasteiger partial charge in [0.25, 0.3) is 0 Å². The normalized spacial score (nSPS) is 33.8. The van der Waals surface area contributed by atoms with Gasteiger partial charge >= 0.3 is 0 Å². The van der Waals surface area contributed by atoms with E-state index in [-0.39, 0.29) is 0 Å². The van der Waals surface area contributed by atoms with Gasteiger partial charge in [0.15, 0.2) is 0 Å². The van der Waals surface area contributed by atoms with Gasteiger partial charge in [-0.3, -0.25) is 0 Å². The lowest BCUT2D eigenvalue weighted by atomic mass is 9.47. The van der Waals surface area contributed by atoms with Crippen molar-refractivity contribution in [3.63, 3.8) is 0 Å². The van der Waals surface area contributed by atoms with E-state index in [1.165, 1.54) is 36.8 Å². The van der Waals surface area contributed by atoms with E-state index in [1.807, 2.05) is 0 Å². The monoisotopic (exact) mass is 316 g/mol. The first kappa shape index (κ1) is 14.8. The summed E-state index contributed by atoms with van der Waals surface area (Å²) in [5, 5.41) is 0. The van der Waals surface area contributed by atoms with Crippen LogP contribution in [0.3, 0.4) is 0 Å². The minimum atomic E-state index is 0.585. The molecular formula is C24H28. The molecule has 124 valence electrons. The van der Waals surface area contributed by atoms with Crippen LogP contribution in [0.2, 0.25) is 0 Å². The number of aryl methyl sites for hydroxylation is 1. The summed E-state index contributed by atoms with van der Waals surface area (Å²) in [6.45, 7) is 2.32. The van der Waals surface area contributed by atoms with Gasteiger partial charge in [0.05, 0.1) is 0 Å². The van der Waals surface area contributed by atoms with E-state index in [0.717, 1.165) is 17.8 Å². The maximum atomic E-state index is 2.45. The molecule has 0 amide bonds. The van der Waals surface area contributed by atoms with Crippen LogP contribution in [0.15, 0.2) is 48.5 Å². The van der Waals surface area contributed by atoms with Crippen molar-refractivity contribution in [2.75, 3.05) is 0 Å². The Balaban J connectivity index is 0.000000181. The zero-order valence-electron chi connectivity index (χ0n) is 14.8. The molecule has 6 aliphatic carbocycles. The average Bonchev–Trinajstić information content (AvgIpc) is 2.57. The van der Waals surface area contributed by atoms with Gasteiger partial charge in [-0.1, -0.05) is 55.5 Å². The number of fused-ring (bicyclic) bond motifs is 1. The van der Waals surface area contributed by atoms with Gasteiger partial charge in [0, 0.05) is 0 Å². The van der Waals surface area contributed by atoms with Crippen LogP contribution >= 0.6 is 0 Å². The van der Waals surface area contributed by atoms with Crippen molar-refractivity contribution >= 4 is 0 Å². The molecule has 0 N–H and O–H groups in total. The molecule has 1 aromatic rings. The summed E-state index contributed by atoms with van der Waals surface area (Å²) in [6, 6.07) is 17.8. The number of rotatable bonds is 2. The van der Waals surface area contributed by atoms with Gasteiger partial charge in [-0.2, -0.15) is 0 Å². The Morgan fingerprint density at radius 2 is 1.25 bits per heavy atom. The minimum absolute atomic E-state index is 0.585. The Bertz CT molecular complexity index is 681. The molecule has 0 heterocycles. The van der Waals surface area contributed by atoms with Gasteiger partial charge in [0.2, 0.25) is 0 Å². The second-order valence-corrected chi connectivity index (χ2v) is 8.79. The van der Waals surface area contributed by atoms with E-state index in [1.54, 1.807) is 30.4 Å². The Kier molecular flexibility index (Phi) is 3.37. The molecule has 0 spiro atoms. The molecule has 1 aromatic carbocycles. The smallest absolute Gasteiger partial charge is 0.00363 e. The fraction of sp³-hybridized carbons (Fsp3) is 0.500. The highest BCUT2D eigenvalue weighted by molar-refractivity contribution is 5.75. The fourth-order valence-electron chi connectivity index (χ4n) is 6.45. The van der Waals surface area contributed by atoms with Crippen molar-refractivity contribution in [1.82, 2.24) is 0 Å². The quantitative estimate of drug-likeness (QED) is 0.514. The summed E-state index contributed by atoms with van der Waals surface area (Å²) in [6.07, 6.45) is 10.3. The van der Waals surface area contributed by atoms with Gasteiger partial charge in [-0.25, -0.2) is 0 Å². The summed E-state index contributed by atoms with van der Waals surface area (Å²) in [5.74, 6) is 3.17. The van der Waals surface area contributed by atoms with Crippen molar-refractivity contribution < 1.29 is 0 Å². The van der Waals surface area contributed by atoms with Crippen LogP contribution < -0.4 is 0 Å².